The van der Waals surface area contributed by atoms with Gasteiger partial charge in [-0.15, -0.1) is 0 Å². The van der Waals surface area contributed by atoms with Crippen LogP contribution >= 0.6 is 0 Å². The van der Waals surface area contributed by atoms with Gasteiger partial charge in [0.1, 0.15) is 11.6 Å². The van der Waals surface area contributed by atoms with Crippen molar-refractivity contribution in [3.63, 3.8) is 0 Å². The van der Waals surface area contributed by atoms with Crippen molar-refractivity contribution in [3.8, 4) is 5.75 Å². The van der Waals surface area contributed by atoms with Crippen LogP contribution in [0.15, 0.2) is 42.5 Å². The first-order valence-corrected chi connectivity index (χ1v) is 11.1. The molecule has 1 aliphatic rings. The van der Waals surface area contributed by atoms with Crippen LogP contribution in [-0.4, -0.2) is 43.1 Å². The van der Waals surface area contributed by atoms with Crippen molar-refractivity contribution in [3.05, 3.63) is 59.4 Å². The Kier molecular flexibility index (Phi) is 8.09. The van der Waals surface area contributed by atoms with Gasteiger partial charge in [-0.2, -0.15) is 0 Å². The van der Waals surface area contributed by atoms with Crippen molar-refractivity contribution < 1.29 is 18.7 Å². The highest BCUT2D eigenvalue weighted by Crippen LogP contribution is 2.24. The Balaban J connectivity index is 1.46. The number of aryl methyl sites for hydroxylation is 1. The van der Waals surface area contributed by atoms with E-state index < -0.39 is 5.82 Å². The minimum absolute atomic E-state index is 0.00257. The molecule has 0 bridgehead atoms. The van der Waals surface area contributed by atoms with Crippen molar-refractivity contribution in [2.45, 2.75) is 39.5 Å². The van der Waals surface area contributed by atoms with Crippen LogP contribution in [0.3, 0.4) is 0 Å². The number of hydrogen-bond acceptors (Lipinski definition) is 3. The van der Waals surface area contributed by atoms with E-state index in [0.717, 1.165) is 24.2 Å². The maximum atomic E-state index is 13.2. The Labute approximate surface area is 189 Å². The van der Waals surface area contributed by atoms with E-state index in [0.29, 0.717) is 31.2 Å². The maximum absolute atomic E-state index is 13.2. The van der Waals surface area contributed by atoms with Gasteiger partial charge in [0.25, 0.3) is 5.91 Å². The fraction of sp³-hybridized carbons (Fsp3) is 0.440. The lowest BCUT2D eigenvalue weighted by Gasteiger charge is -2.33. The minimum atomic E-state index is -0.405. The van der Waals surface area contributed by atoms with E-state index in [9.17, 15) is 14.0 Å². The number of anilines is 1. The number of carbonyl (C=O) groups excluding carboxylic acids is 2. The number of hydrogen-bond donors (Lipinski definition) is 2. The van der Waals surface area contributed by atoms with Crippen molar-refractivity contribution >= 4 is 17.6 Å². The standard InChI is InChI=1S/C25H32FN3O3/c1-17(2)20-10-9-18(3)23(12-20)32-16-24(30)29-11-5-6-19(15-29)14-27-25(31)28-22-8-4-7-21(26)13-22/h4,7-10,12-13,17,19H,5-6,11,14-16H2,1-3H3,(H2,27,28,31). The molecule has 1 fully saturated rings. The molecule has 172 valence electrons. The van der Waals surface area contributed by atoms with E-state index in [-0.39, 0.29) is 24.5 Å². The lowest BCUT2D eigenvalue weighted by Crippen LogP contribution is -2.45. The summed E-state index contributed by atoms with van der Waals surface area (Å²) in [4.78, 5) is 26.6. The van der Waals surface area contributed by atoms with E-state index in [2.05, 4.69) is 30.5 Å². The Morgan fingerprint density at radius 1 is 1.22 bits per heavy atom. The SMILES string of the molecule is Cc1ccc(C(C)C)cc1OCC(=O)N1CCCC(CNC(=O)Nc2cccc(F)c2)C1. The molecule has 3 rings (SSSR count). The number of piperidine rings is 1. The lowest BCUT2D eigenvalue weighted by molar-refractivity contribution is -0.135. The number of nitrogens with zero attached hydrogens (tertiary/aromatic N) is 1. The number of urea groups is 1. The molecule has 3 amide bonds. The molecule has 0 saturated carbocycles. The molecule has 6 nitrogen and oxygen atoms in total. The lowest BCUT2D eigenvalue weighted by atomic mass is 9.98. The van der Waals surface area contributed by atoms with E-state index >= 15 is 0 Å². The molecule has 0 aromatic heterocycles. The summed E-state index contributed by atoms with van der Waals surface area (Å²) in [6, 6.07) is 11.5. The van der Waals surface area contributed by atoms with Gasteiger partial charge in [0.2, 0.25) is 0 Å². The zero-order valence-corrected chi connectivity index (χ0v) is 19.0. The molecule has 7 heteroatoms. The monoisotopic (exact) mass is 441 g/mol. The third-order valence-electron chi connectivity index (χ3n) is 5.74. The second-order valence-corrected chi connectivity index (χ2v) is 8.66. The summed E-state index contributed by atoms with van der Waals surface area (Å²) in [7, 11) is 0. The van der Waals surface area contributed by atoms with Crippen LogP contribution in [0, 0.1) is 18.7 Å². The smallest absolute Gasteiger partial charge is 0.319 e. The third kappa shape index (κ3) is 6.70. The summed E-state index contributed by atoms with van der Waals surface area (Å²) >= 11 is 0. The van der Waals surface area contributed by atoms with Crippen LogP contribution in [-0.2, 0) is 4.79 Å². The summed E-state index contributed by atoms with van der Waals surface area (Å²) in [6.45, 7) is 7.94. The van der Waals surface area contributed by atoms with Crippen LogP contribution < -0.4 is 15.4 Å². The zero-order valence-electron chi connectivity index (χ0n) is 19.0. The van der Waals surface area contributed by atoms with Crippen molar-refractivity contribution in [2.75, 3.05) is 31.6 Å². The zero-order chi connectivity index (χ0) is 23.1. The topological polar surface area (TPSA) is 70.7 Å². The molecule has 1 atom stereocenters. The second-order valence-electron chi connectivity index (χ2n) is 8.66. The Morgan fingerprint density at radius 3 is 2.78 bits per heavy atom. The molecular formula is C25H32FN3O3. The molecule has 1 heterocycles. The van der Waals surface area contributed by atoms with E-state index in [1.807, 2.05) is 24.0 Å². The van der Waals surface area contributed by atoms with Gasteiger partial charge in [0.15, 0.2) is 6.61 Å². The number of nitrogens with one attached hydrogen (secondary N) is 2. The first-order valence-electron chi connectivity index (χ1n) is 11.1. The van der Waals surface area contributed by atoms with E-state index in [1.165, 1.54) is 23.8 Å². The molecule has 1 aliphatic heterocycles. The van der Waals surface area contributed by atoms with E-state index in [1.54, 1.807) is 6.07 Å². The number of ether oxygens (including phenoxy) is 1. The molecule has 0 aliphatic carbocycles. The molecule has 2 aromatic rings. The Hall–Kier alpha value is -3.09. The number of amides is 3. The van der Waals surface area contributed by atoms with Gasteiger partial charge in [0, 0.05) is 25.3 Å². The highest BCUT2D eigenvalue weighted by atomic mass is 19.1. The fourth-order valence-electron chi connectivity index (χ4n) is 3.80. The molecule has 32 heavy (non-hydrogen) atoms. The van der Waals surface area contributed by atoms with Gasteiger partial charge in [-0.05, 0) is 67.0 Å². The molecule has 2 N–H and O–H groups in total. The van der Waals surface area contributed by atoms with Crippen molar-refractivity contribution in [1.82, 2.24) is 10.2 Å². The largest absolute Gasteiger partial charge is 0.483 e. The third-order valence-corrected chi connectivity index (χ3v) is 5.74. The average Bonchev–Trinajstić information content (AvgIpc) is 2.77. The highest BCUT2D eigenvalue weighted by molar-refractivity contribution is 5.89. The van der Waals surface area contributed by atoms with Gasteiger partial charge >= 0.3 is 6.03 Å². The maximum Gasteiger partial charge on any atom is 0.319 e. The summed E-state index contributed by atoms with van der Waals surface area (Å²) in [6.07, 6.45) is 1.81. The Morgan fingerprint density at radius 2 is 2.03 bits per heavy atom. The molecule has 0 radical (unpaired) electrons. The number of likely N-dealkylation sites (tertiary alicyclic amines) is 1. The van der Waals surface area contributed by atoms with Crippen LogP contribution in [0.2, 0.25) is 0 Å². The van der Waals surface area contributed by atoms with Gasteiger partial charge in [-0.25, -0.2) is 9.18 Å². The first-order chi connectivity index (χ1) is 15.3. The number of rotatable bonds is 7. The van der Waals surface area contributed by atoms with Crippen LogP contribution in [0.5, 0.6) is 5.75 Å². The fourth-order valence-corrected chi connectivity index (χ4v) is 3.80. The number of benzene rings is 2. The normalized spacial score (nSPS) is 16.0. The number of carbonyl (C=O) groups is 2. The van der Waals surface area contributed by atoms with Crippen LogP contribution in [0.1, 0.15) is 43.7 Å². The van der Waals surface area contributed by atoms with Crippen molar-refractivity contribution in [2.24, 2.45) is 5.92 Å². The predicted octanol–water partition coefficient (Wildman–Crippen LogP) is 4.70. The molecule has 0 spiro atoms. The van der Waals surface area contributed by atoms with Crippen LogP contribution in [0.4, 0.5) is 14.9 Å². The summed E-state index contributed by atoms with van der Waals surface area (Å²) < 4.78 is 19.1. The molecular weight excluding hydrogens is 409 g/mol. The highest BCUT2D eigenvalue weighted by Gasteiger charge is 2.24. The van der Waals surface area contributed by atoms with Gasteiger partial charge in [-0.1, -0.05) is 32.0 Å². The predicted molar refractivity (Wildman–Crippen MR) is 123 cm³/mol. The second kappa shape index (κ2) is 11.0. The summed E-state index contributed by atoms with van der Waals surface area (Å²) in [5.41, 5.74) is 2.59. The molecule has 2 aromatic carbocycles. The summed E-state index contributed by atoms with van der Waals surface area (Å²) in [5, 5.41) is 5.44. The number of halogens is 1. The van der Waals surface area contributed by atoms with Crippen LogP contribution in [0.25, 0.3) is 0 Å². The molecule has 1 unspecified atom stereocenters. The van der Waals surface area contributed by atoms with Gasteiger partial charge in [0.05, 0.1) is 0 Å². The first kappa shape index (κ1) is 23.6. The molecule has 1 saturated heterocycles. The average molecular weight is 442 g/mol. The summed E-state index contributed by atoms with van der Waals surface area (Å²) in [5.74, 6) is 0.846. The van der Waals surface area contributed by atoms with Gasteiger partial charge < -0.3 is 20.3 Å². The minimum Gasteiger partial charge on any atom is -0.483 e. The van der Waals surface area contributed by atoms with Gasteiger partial charge in [-0.3, -0.25) is 4.79 Å². The Bertz CT molecular complexity index is 948. The van der Waals surface area contributed by atoms with E-state index in [4.69, 9.17) is 4.74 Å². The van der Waals surface area contributed by atoms with Crippen molar-refractivity contribution in [1.29, 1.82) is 0 Å². The quantitative estimate of drug-likeness (QED) is 0.655.